The molecular formula is C13H12BrNO2S. The summed E-state index contributed by atoms with van der Waals surface area (Å²) in [7, 11) is 0. The number of carbonyl (C=O) groups excluding carboxylic acids is 1. The Bertz CT molecular complexity index is 553. The SMILES string of the molecule is CC(=O)Nc1ccccc1OCc1sccc1Br. The average molecular weight is 326 g/mol. The van der Waals surface area contributed by atoms with Crippen LogP contribution in [0.15, 0.2) is 40.2 Å². The van der Waals surface area contributed by atoms with Gasteiger partial charge in [0, 0.05) is 11.4 Å². The first-order valence-electron chi connectivity index (χ1n) is 5.38. The monoisotopic (exact) mass is 325 g/mol. The van der Waals surface area contributed by atoms with Gasteiger partial charge in [0.15, 0.2) is 0 Å². The number of benzene rings is 1. The number of nitrogens with one attached hydrogen (secondary N) is 1. The number of thiophene rings is 1. The van der Waals surface area contributed by atoms with E-state index >= 15 is 0 Å². The molecule has 18 heavy (non-hydrogen) atoms. The van der Waals surface area contributed by atoms with E-state index < -0.39 is 0 Å². The summed E-state index contributed by atoms with van der Waals surface area (Å²) < 4.78 is 6.77. The number of hydrogen-bond donors (Lipinski definition) is 1. The summed E-state index contributed by atoms with van der Waals surface area (Å²) in [6.07, 6.45) is 0. The van der Waals surface area contributed by atoms with Crippen molar-refractivity contribution in [1.29, 1.82) is 0 Å². The molecule has 0 radical (unpaired) electrons. The lowest BCUT2D eigenvalue weighted by Gasteiger charge is -2.11. The van der Waals surface area contributed by atoms with Crippen LogP contribution in [0.1, 0.15) is 11.8 Å². The highest BCUT2D eigenvalue weighted by Crippen LogP contribution is 2.28. The second-order valence-corrected chi connectivity index (χ2v) is 5.51. The number of hydrogen-bond acceptors (Lipinski definition) is 3. The van der Waals surface area contributed by atoms with Gasteiger partial charge in [-0.25, -0.2) is 0 Å². The van der Waals surface area contributed by atoms with Crippen LogP contribution in [0.4, 0.5) is 5.69 Å². The minimum Gasteiger partial charge on any atom is -0.486 e. The van der Waals surface area contributed by atoms with Gasteiger partial charge in [0.05, 0.1) is 10.6 Å². The molecule has 0 atom stereocenters. The van der Waals surface area contributed by atoms with Crippen LogP contribution in [0.3, 0.4) is 0 Å². The van der Waals surface area contributed by atoms with Crippen molar-refractivity contribution < 1.29 is 9.53 Å². The van der Waals surface area contributed by atoms with Gasteiger partial charge in [-0.2, -0.15) is 0 Å². The minimum absolute atomic E-state index is 0.108. The Balaban J connectivity index is 2.09. The number of halogens is 1. The zero-order valence-electron chi connectivity index (χ0n) is 9.77. The predicted octanol–water partition coefficient (Wildman–Crippen LogP) is 4.05. The van der Waals surface area contributed by atoms with Gasteiger partial charge in [0.25, 0.3) is 0 Å². The van der Waals surface area contributed by atoms with Crippen molar-refractivity contribution in [2.45, 2.75) is 13.5 Å². The van der Waals surface area contributed by atoms with Crippen molar-refractivity contribution in [2.75, 3.05) is 5.32 Å². The summed E-state index contributed by atoms with van der Waals surface area (Å²) in [4.78, 5) is 12.2. The molecule has 2 rings (SSSR count). The molecule has 0 bridgehead atoms. The normalized spacial score (nSPS) is 10.1. The van der Waals surface area contributed by atoms with Crippen molar-refractivity contribution in [3.63, 3.8) is 0 Å². The van der Waals surface area contributed by atoms with Gasteiger partial charge in [-0.15, -0.1) is 11.3 Å². The number of anilines is 1. The molecule has 1 amide bonds. The van der Waals surface area contributed by atoms with Crippen LogP contribution in [0.2, 0.25) is 0 Å². The third kappa shape index (κ3) is 3.34. The lowest BCUT2D eigenvalue weighted by atomic mass is 10.3. The van der Waals surface area contributed by atoms with E-state index in [2.05, 4.69) is 21.2 Å². The highest BCUT2D eigenvalue weighted by molar-refractivity contribution is 9.10. The molecule has 1 heterocycles. The molecule has 0 spiro atoms. The first kappa shape index (κ1) is 13.1. The minimum atomic E-state index is -0.108. The summed E-state index contributed by atoms with van der Waals surface area (Å²) in [6.45, 7) is 1.96. The fourth-order valence-electron chi connectivity index (χ4n) is 1.46. The maximum atomic E-state index is 11.1. The second kappa shape index (κ2) is 6.02. The van der Waals surface area contributed by atoms with E-state index in [9.17, 15) is 4.79 Å². The molecule has 5 heteroatoms. The van der Waals surface area contributed by atoms with Gasteiger partial charge in [-0.3, -0.25) is 4.79 Å². The van der Waals surface area contributed by atoms with E-state index in [0.717, 1.165) is 9.35 Å². The molecule has 2 aromatic rings. The smallest absolute Gasteiger partial charge is 0.221 e. The third-order valence-corrected chi connectivity index (χ3v) is 4.15. The molecule has 1 N–H and O–H groups in total. The molecule has 0 fully saturated rings. The summed E-state index contributed by atoms with van der Waals surface area (Å²) in [6, 6.07) is 9.39. The topological polar surface area (TPSA) is 38.3 Å². The van der Waals surface area contributed by atoms with Crippen molar-refractivity contribution >= 4 is 38.9 Å². The van der Waals surface area contributed by atoms with Gasteiger partial charge >= 0.3 is 0 Å². The molecular weight excluding hydrogens is 314 g/mol. The van der Waals surface area contributed by atoms with E-state index in [1.807, 2.05) is 35.7 Å². The first-order chi connectivity index (χ1) is 8.66. The quantitative estimate of drug-likeness (QED) is 0.920. The molecule has 0 saturated heterocycles. The summed E-state index contributed by atoms with van der Waals surface area (Å²) in [5.41, 5.74) is 0.692. The number of amides is 1. The molecule has 1 aromatic carbocycles. The van der Waals surface area contributed by atoms with Crippen LogP contribution >= 0.6 is 27.3 Å². The molecule has 1 aromatic heterocycles. The standard InChI is InChI=1S/C13H12BrNO2S/c1-9(16)15-11-4-2-3-5-12(11)17-8-13-10(14)6-7-18-13/h2-7H,8H2,1H3,(H,15,16). The maximum absolute atomic E-state index is 11.1. The Labute approximate surface area is 118 Å². The van der Waals surface area contributed by atoms with E-state index in [4.69, 9.17) is 4.74 Å². The zero-order valence-corrected chi connectivity index (χ0v) is 12.2. The largest absolute Gasteiger partial charge is 0.486 e. The predicted molar refractivity (Wildman–Crippen MR) is 77.1 cm³/mol. The molecule has 0 unspecified atom stereocenters. The van der Waals surface area contributed by atoms with Gasteiger partial charge in [0.2, 0.25) is 5.91 Å². The van der Waals surface area contributed by atoms with Crippen LogP contribution in [0.5, 0.6) is 5.75 Å². The third-order valence-electron chi connectivity index (χ3n) is 2.25. The molecule has 0 aliphatic carbocycles. The van der Waals surface area contributed by atoms with E-state index in [1.54, 1.807) is 11.3 Å². The van der Waals surface area contributed by atoms with Crippen LogP contribution < -0.4 is 10.1 Å². The molecule has 0 saturated carbocycles. The van der Waals surface area contributed by atoms with Crippen molar-refractivity contribution in [3.05, 3.63) is 45.1 Å². The Hall–Kier alpha value is -1.33. The van der Waals surface area contributed by atoms with Gasteiger partial charge < -0.3 is 10.1 Å². The maximum Gasteiger partial charge on any atom is 0.221 e. The Morgan fingerprint density at radius 2 is 2.17 bits per heavy atom. The van der Waals surface area contributed by atoms with Crippen LogP contribution in [-0.4, -0.2) is 5.91 Å². The van der Waals surface area contributed by atoms with Gasteiger partial charge in [-0.05, 0) is 39.5 Å². The Morgan fingerprint density at radius 1 is 1.39 bits per heavy atom. The molecule has 94 valence electrons. The summed E-state index contributed by atoms with van der Waals surface area (Å²) in [5, 5.41) is 4.75. The summed E-state index contributed by atoms with van der Waals surface area (Å²) in [5.74, 6) is 0.566. The Morgan fingerprint density at radius 3 is 2.83 bits per heavy atom. The highest BCUT2D eigenvalue weighted by Gasteiger charge is 2.06. The first-order valence-corrected chi connectivity index (χ1v) is 7.05. The number of rotatable bonds is 4. The fourth-order valence-corrected chi connectivity index (χ4v) is 2.83. The van der Waals surface area contributed by atoms with Crippen LogP contribution in [0, 0.1) is 0 Å². The van der Waals surface area contributed by atoms with E-state index in [0.29, 0.717) is 18.0 Å². The summed E-state index contributed by atoms with van der Waals surface area (Å²) >= 11 is 5.09. The lowest BCUT2D eigenvalue weighted by molar-refractivity contribution is -0.114. The molecule has 3 nitrogen and oxygen atoms in total. The zero-order chi connectivity index (χ0) is 13.0. The van der Waals surface area contributed by atoms with E-state index in [-0.39, 0.29) is 5.91 Å². The van der Waals surface area contributed by atoms with Crippen molar-refractivity contribution in [1.82, 2.24) is 0 Å². The van der Waals surface area contributed by atoms with Crippen LogP contribution in [0.25, 0.3) is 0 Å². The highest BCUT2D eigenvalue weighted by atomic mass is 79.9. The Kier molecular flexibility index (Phi) is 4.38. The molecule has 0 aliphatic heterocycles. The number of para-hydroxylation sites is 2. The van der Waals surface area contributed by atoms with Crippen molar-refractivity contribution in [2.24, 2.45) is 0 Å². The average Bonchev–Trinajstić information content (AvgIpc) is 2.73. The van der Waals surface area contributed by atoms with Gasteiger partial charge in [-0.1, -0.05) is 12.1 Å². The molecule has 0 aliphatic rings. The number of ether oxygens (including phenoxy) is 1. The van der Waals surface area contributed by atoms with Gasteiger partial charge in [0.1, 0.15) is 12.4 Å². The van der Waals surface area contributed by atoms with Crippen molar-refractivity contribution in [3.8, 4) is 5.75 Å². The fraction of sp³-hybridized carbons (Fsp3) is 0.154. The van der Waals surface area contributed by atoms with E-state index in [1.165, 1.54) is 6.92 Å². The van der Waals surface area contributed by atoms with Crippen LogP contribution in [-0.2, 0) is 11.4 Å². The lowest BCUT2D eigenvalue weighted by Crippen LogP contribution is -2.07. The second-order valence-electron chi connectivity index (χ2n) is 3.66. The number of carbonyl (C=O) groups is 1.